The predicted molar refractivity (Wildman–Crippen MR) is 89.9 cm³/mol. The molecule has 1 nitrogen and oxygen atoms in total. The Balaban J connectivity index is 1.98. The summed E-state index contributed by atoms with van der Waals surface area (Å²) >= 11 is 3.47. The number of aryl methyl sites for hydroxylation is 1. The zero-order valence-corrected chi connectivity index (χ0v) is 13.9. The standard InChI is InChI=1S/C18H21BrFN/c1-2-21-18(16-12-11-15(20)13-17(16)19)10-6-9-14-7-4-3-5-8-14/h3-5,7-8,11-13,18,21H,2,6,9-10H2,1H3. The molecule has 0 saturated heterocycles. The lowest BCUT2D eigenvalue weighted by Gasteiger charge is -2.20. The van der Waals surface area contributed by atoms with Gasteiger partial charge in [0.25, 0.3) is 0 Å². The van der Waals surface area contributed by atoms with E-state index in [0.29, 0.717) is 0 Å². The van der Waals surface area contributed by atoms with Crippen LogP contribution in [-0.2, 0) is 6.42 Å². The Morgan fingerprint density at radius 1 is 1.14 bits per heavy atom. The van der Waals surface area contributed by atoms with E-state index in [9.17, 15) is 4.39 Å². The molecule has 0 saturated carbocycles. The molecular weight excluding hydrogens is 329 g/mol. The van der Waals surface area contributed by atoms with Crippen molar-refractivity contribution in [3.63, 3.8) is 0 Å². The second kappa shape index (κ2) is 8.30. The first kappa shape index (κ1) is 16.2. The van der Waals surface area contributed by atoms with Crippen molar-refractivity contribution in [2.45, 2.75) is 32.2 Å². The minimum absolute atomic E-state index is 0.204. The molecule has 0 fully saturated rings. The Bertz CT molecular complexity index is 556. The van der Waals surface area contributed by atoms with Gasteiger partial charge in [-0.1, -0.05) is 59.3 Å². The topological polar surface area (TPSA) is 12.0 Å². The fourth-order valence-corrected chi connectivity index (χ4v) is 3.18. The number of halogens is 2. The largest absolute Gasteiger partial charge is 0.310 e. The minimum Gasteiger partial charge on any atom is -0.310 e. The highest BCUT2D eigenvalue weighted by atomic mass is 79.9. The summed E-state index contributed by atoms with van der Waals surface area (Å²) in [5.41, 5.74) is 2.50. The quantitative estimate of drug-likeness (QED) is 0.718. The van der Waals surface area contributed by atoms with E-state index in [0.717, 1.165) is 35.8 Å². The molecule has 2 aromatic rings. The van der Waals surface area contributed by atoms with Crippen LogP contribution in [0.1, 0.15) is 36.9 Å². The first-order chi connectivity index (χ1) is 10.2. The van der Waals surface area contributed by atoms with Crippen molar-refractivity contribution >= 4 is 15.9 Å². The normalized spacial score (nSPS) is 12.3. The Morgan fingerprint density at radius 2 is 1.90 bits per heavy atom. The summed E-state index contributed by atoms with van der Waals surface area (Å²) in [6.07, 6.45) is 3.21. The zero-order valence-electron chi connectivity index (χ0n) is 12.3. The van der Waals surface area contributed by atoms with Crippen LogP contribution in [0.2, 0.25) is 0 Å². The van der Waals surface area contributed by atoms with Crippen LogP contribution in [-0.4, -0.2) is 6.54 Å². The average molecular weight is 350 g/mol. The highest BCUT2D eigenvalue weighted by Gasteiger charge is 2.13. The second-order valence-corrected chi connectivity index (χ2v) is 6.01. The van der Waals surface area contributed by atoms with Gasteiger partial charge in [-0.05, 0) is 49.1 Å². The summed E-state index contributed by atoms with van der Waals surface area (Å²) in [7, 11) is 0. The molecule has 112 valence electrons. The van der Waals surface area contributed by atoms with Gasteiger partial charge >= 0.3 is 0 Å². The molecule has 2 aromatic carbocycles. The van der Waals surface area contributed by atoms with Gasteiger partial charge in [0.15, 0.2) is 0 Å². The molecule has 0 aliphatic carbocycles. The van der Waals surface area contributed by atoms with Gasteiger partial charge in [0.1, 0.15) is 5.82 Å². The van der Waals surface area contributed by atoms with Gasteiger partial charge in [-0.15, -0.1) is 0 Å². The lowest BCUT2D eigenvalue weighted by molar-refractivity contribution is 0.495. The summed E-state index contributed by atoms with van der Waals surface area (Å²) in [6, 6.07) is 15.7. The molecule has 2 rings (SSSR count). The third kappa shape index (κ3) is 4.94. The molecule has 0 aromatic heterocycles. The Hall–Kier alpha value is -1.19. The van der Waals surface area contributed by atoms with Crippen molar-refractivity contribution in [2.75, 3.05) is 6.54 Å². The van der Waals surface area contributed by atoms with Crippen LogP contribution in [0.5, 0.6) is 0 Å². The molecule has 0 aliphatic rings. The maximum Gasteiger partial charge on any atom is 0.124 e. The molecule has 1 atom stereocenters. The van der Waals surface area contributed by atoms with Gasteiger partial charge in [0.2, 0.25) is 0 Å². The fraction of sp³-hybridized carbons (Fsp3) is 0.333. The highest BCUT2D eigenvalue weighted by molar-refractivity contribution is 9.10. The third-order valence-electron chi connectivity index (χ3n) is 3.59. The van der Waals surface area contributed by atoms with E-state index in [1.807, 2.05) is 12.1 Å². The molecule has 0 bridgehead atoms. The van der Waals surface area contributed by atoms with Crippen LogP contribution in [0.25, 0.3) is 0 Å². The van der Waals surface area contributed by atoms with Crippen molar-refractivity contribution in [3.8, 4) is 0 Å². The monoisotopic (exact) mass is 349 g/mol. The van der Waals surface area contributed by atoms with Crippen molar-refractivity contribution in [3.05, 3.63) is 69.9 Å². The van der Waals surface area contributed by atoms with E-state index in [1.165, 1.54) is 17.7 Å². The molecule has 21 heavy (non-hydrogen) atoms. The van der Waals surface area contributed by atoms with Gasteiger partial charge in [-0.3, -0.25) is 0 Å². The molecular formula is C18H21BrFN. The molecule has 1 N–H and O–H groups in total. The lowest BCUT2D eigenvalue weighted by atomic mass is 9.99. The van der Waals surface area contributed by atoms with Crippen LogP contribution in [0.15, 0.2) is 53.0 Å². The van der Waals surface area contributed by atoms with Crippen LogP contribution < -0.4 is 5.32 Å². The lowest BCUT2D eigenvalue weighted by Crippen LogP contribution is -2.21. The Labute approximate surface area is 134 Å². The van der Waals surface area contributed by atoms with Gasteiger partial charge < -0.3 is 5.32 Å². The number of hydrogen-bond donors (Lipinski definition) is 1. The number of nitrogens with one attached hydrogen (secondary N) is 1. The summed E-state index contributed by atoms with van der Waals surface area (Å²) in [4.78, 5) is 0. The molecule has 0 amide bonds. The van der Waals surface area contributed by atoms with E-state index < -0.39 is 0 Å². The van der Waals surface area contributed by atoms with Crippen molar-refractivity contribution in [2.24, 2.45) is 0 Å². The van der Waals surface area contributed by atoms with Gasteiger partial charge in [-0.2, -0.15) is 0 Å². The SMILES string of the molecule is CCNC(CCCc1ccccc1)c1ccc(F)cc1Br. The Kier molecular flexibility index (Phi) is 6.40. The molecule has 3 heteroatoms. The van der Waals surface area contributed by atoms with E-state index >= 15 is 0 Å². The molecule has 0 heterocycles. The zero-order chi connectivity index (χ0) is 15.1. The molecule has 1 unspecified atom stereocenters. The second-order valence-electron chi connectivity index (χ2n) is 5.15. The number of hydrogen-bond acceptors (Lipinski definition) is 1. The highest BCUT2D eigenvalue weighted by Crippen LogP contribution is 2.27. The van der Waals surface area contributed by atoms with E-state index in [1.54, 1.807) is 0 Å². The predicted octanol–water partition coefficient (Wildman–Crippen LogP) is 5.26. The Morgan fingerprint density at radius 3 is 2.57 bits per heavy atom. The van der Waals surface area contributed by atoms with Crippen molar-refractivity contribution < 1.29 is 4.39 Å². The van der Waals surface area contributed by atoms with Gasteiger partial charge in [-0.25, -0.2) is 4.39 Å². The molecule has 0 spiro atoms. The van der Waals surface area contributed by atoms with E-state index in [2.05, 4.69) is 52.4 Å². The number of benzene rings is 2. The summed E-state index contributed by atoms with van der Waals surface area (Å²) in [5, 5.41) is 3.49. The van der Waals surface area contributed by atoms with Crippen LogP contribution in [0.3, 0.4) is 0 Å². The van der Waals surface area contributed by atoms with Crippen LogP contribution in [0.4, 0.5) is 4.39 Å². The first-order valence-corrected chi connectivity index (χ1v) is 8.22. The van der Waals surface area contributed by atoms with E-state index in [4.69, 9.17) is 0 Å². The maximum atomic E-state index is 13.2. The van der Waals surface area contributed by atoms with Gasteiger partial charge in [0, 0.05) is 10.5 Å². The minimum atomic E-state index is -0.204. The number of rotatable bonds is 7. The summed E-state index contributed by atoms with van der Waals surface area (Å²) in [6.45, 7) is 3.00. The molecule has 0 radical (unpaired) electrons. The van der Waals surface area contributed by atoms with Crippen LogP contribution >= 0.6 is 15.9 Å². The average Bonchev–Trinajstić information content (AvgIpc) is 2.48. The van der Waals surface area contributed by atoms with Crippen LogP contribution in [0, 0.1) is 5.82 Å². The van der Waals surface area contributed by atoms with E-state index in [-0.39, 0.29) is 11.9 Å². The summed E-state index contributed by atoms with van der Waals surface area (Å²) in [5.74, 6) is -0.204. The maximum absolute atomic E-state index is 13.2. The third-order valence-corrected chi connectivity index (χ3v) is 4.28. The van der Waals surface area contributed by atoms with Crippen molar-refractivity contribution in [1.82, 2.24) is 5.32 Å². The fourth-order valence-electron chi connectivity index (χ4n) is 2.55. The summed E-state index contributed by atoms with van der Waals surface area (Å²) < 4.78 is 14.1. The molecule has 0 aliphatic heterocycles. The van der Waals surface area contributed by atoms with Crippen molar-refractivity contribution in [1.29, 1.82) is 0 Å². The first-order valence-electron chi connectivity index (χ1n) is 7.43. The van der Waals surface area contributed by atoms with Gasteiger partial charge in [0.05, 0.1) is 0 Å². The smallest absolute Gasteiger partial charge is 0.124 e.